The van der Waals surface area contributed by atoms with Gasteiger partial charge in [0.1, 0.15) is 18.3 Å². The SMILES string of the molecule is CCCCCCCC/C=C/CCCCCCCC(=O)O[C@H]1CO[C@@H]2[C@@H]1OC[C@@H]2O. The minimum atomic E-state index is -0.603. The van der Waals surface area contributed by atoms with E-state index in [1.807, 2.05) is 0 Å². The van der Waals surface area contributed by atoms with Gasteiger partial charge in [-0.2, -0.15) is 0 Å². The Bertz CT molecular complexity index is 464. The predicted octanol–water partition coefficient (Wildman–Crippen LogP) is 5.09. The molecule has 168 valence electrons. The lowest BCUT2D eigenvalue weighted by atomic mass is 10.1. The Morgan fingerprint density at radius 3 is 2.14 bits per heavy atom. The Morgan fingerprint density at radius 1 is 0.862 bits per heavy atom. The van der Waals surface area contributed by atoms with E-state index in [0.29, 0.717) is 13.0 Å². The summed E-state index contributed by atoms with van der Waals surface area (Å²) >= 11 is 0. The zero-order valence-corrected chi connectivity index (χ0v) is 18.4. The van der Waals surface area contributed by atoms with Crippen molar-refractivity contribution in [2.45, 2.75) is 121 Å². The van der Waals surface area contributed by atoms with E-state index in [0.717, 1.165) is 12.8 Å². The van der Waals surface area contributed by atoms with Crippen molar-refractivity contribution >= 4 is 5.97 Å². The molecule has 0 aromatic rings. The molecule has 2 aliphatic rings. The smallest absolute Gasteiger partial charge is 0.306 e. The highest BCUT2D eigenvalue weighted by Crippen LogP contribution is 2.29. The first kappa shape index (κ1) is 24.4. The molecule has 0 unspecified atom stereocenters. The number of allylic oxidation sites excluding steroid dienone is 2. The minimum absolute atomic E-state index is 0.179. The second-order valence-electron chi connectivity index (χ2n) is 8.53. The van der Waals surface area contributed by atoms with Crippen LogP contribution < -0.4 is 0 Å². The molecule has 2 rings (SSSR count). The van der Waals surface area contributed by atoms with Gasteiger partial charge in [-0.15, -0.1) is 0 Å². The van der Waals surface area contributed by atoms with E-state index in [2.05, 4.69) is 19.1 Å². The number of fused-ring (bicyclic) bond motifs is 1. The second kappa shape index (κ2) is 15.0. The van der Waals surface area contributed by atoms with Crippen molar-refractivity contribution < 1.29 is 24.1 Å². The van der Waals surface area contributed by atoms with E-state index in [-0.39, 0.29) is 30.9 Å². The molecule has 5 nitrogen and oxygen atoms in total. The van der Waals surface area contributed by atoms with Crippen LogP contribution in [-0.4, -0.2) is 48.7 Å². The zero-order valence-electron chi connectivity index (χ0n) is 18.4. The lowest BCUT2D eigenvalue weighted by Gasteiger charge is -2.16. The summed E-state index contributed by atoms with van der Waals surface area (Å²) in [6.45, 7) is 2.85. The molecule has 0 spiro atoms. The summed E-state index contributed by atoms with van der Waals surface area (Å²) in [6.07, 6.45) is 19.7. The molecule has 0 aromatic heterocycles. The molecule has 2 aliphatic heterocycles. The number of unbranched alkanes of at least 4 members (excludes halogenated alkanes) is 11. The number of carbonyl (C=O) groups is 1. The van der Waals surface area contributed by atoms with Crippen molar-refractivity contribution in [2.24, 2.45) is 0 Å². The molecule has 0 aliphatic carbocycles. The van der Waals surface area contributed by atoms with Crippen LogP contribution in [0.4, 0.5) is 0 Å². The van der Waals surface area contributed by atoms with Crippen LogP contribution in [0.1, 0.15) is 96.8 Å². The van der Waals surface area contributed by atoms with Gasteiger partial charge in [0.25, 0.3) is 0 Å². The maximum atomic E-state index is 12.0. The fraction of sp³-hybridized carbons (Fsp3) is 0.875. The average Bonchev–Trinajstić information content (AvgIpc) is 3.28. The van der Waals surface area contributed by atoms with Crippen LogP contribution >= 0.6 is 0 Å². The summed E-state index contributed by atoms with van der Waals surface area (Å²) in [5.74, 6) is -0.179. The summed E-state index contributed by atoms with van der Waals surface area (Å²) in [5.41, 5.74) is 0. The Balaban J connectivity index is 1.35. The van der Waals surface area contributed by atoms with Gasteiger partial charge in [0, 0.05) is 6.42 Å². The van der Waals surface area contributed by atoms with Gasteiger partial charge in [-0.1, -0.05) is 70.4 Å². The van der Waals surface area contributed by atoms with Crippen LogP contribution in [0.5, 0.6) is 0 Å². The van der Waals surface area contributed by atoms with Crippen molar-refractivity contribution in [3.05, 3.63) is 12.2 Å². The zero-order chi connectivity index (χ0) is 20.7. The fourth-order valence-corrected chi connectivity index (χ4v) is 4.11. The molecule has 0 radical (unpaired) electrons. The third kappa shape index (κ3) is 9.63. The summed E-state index contributed by atoms with van der Waals surface area (Å²) in [7, 11) is 0. The molecule has 2 fully saturated rings. The van der Waals surface area contributed by atoms with E-state index in [4.69, 9.17) is 14.2 Å². The number of aliphatic hydroxyl groups is 1. The van der Waals surface area contributed by atoms with Crippen LogP contribution in [0.2, 0.25) is 0 Å². The lowest BCUT2D eigenvalue weighted by molar-refractivity contribution is -0.153. The summed E-state index contributed by atoms with van der Waals surface area (Å²) < 4.78 is 16.4. The van der Waals surface area contributed by atoms with E-state index in [1.54, 1.807) is 0 Å². The van der Waals surface area contributed by atoms with Crippen molar-refractivity contribution in [3.8, 4) is 0 Å². The molecule has 0 aromatic carbocycles. The van der Waals surface area contributed by atoms with Crippen molar-refractivity contribution in [3.63, 3.8) is 0 Å². The topological polar surface area (TPSA) is 65.0 Å². The second-order valence-corrected chi connectivity index (χ2v) is 8.53. The molecule has 0 amide bonds. The molecule has 29 heavy (non-hydrogen) atoms. The highest BCUT2D eigenvalue weighted by Gasteiger charge is 2.48. The minimum Gasteiger partial charge on any atom is -0.457 e. The molecular weight excluding hydrogens is 368 g/mol. The molecule has 0 saturated carbocycles. The number of aliphatic hydroxyl groups excluding tert-OH is 1. The van der Waals surface area contributed by atoms with E-state index in [1.165, 1.54) is 70.6 Å². The average molecular weight is 411 g/mol. The summed E-state index contributed by atoms with van der Waals surface area (Å²) in [4.78, 5) is 12.0. The van der Waals surface area contributed by atoms with Crippen molar-refractivity contribution in [1.29, 1.82) is 0 Å². The van der Waals surface area contributed by atoms with Gasteiger partial charge in [0.2, 0.25) is 0 Å². The maximum Gasteiger partial charge on any atom is 0.306 e. The molecule has 4 atom stereocenters. The third-order valence-corrected chi connectivity index (χ3v) is 5.91. The van der Waals surface area contributed by atoms with Gasteiger partial charge >= 0.3 is 5.97 Å². The number of rotatable bonds is 16. The number of hydrogen-bond acceptors (Lipinski definition) is 5. The largest absolute Gasteiger partial charge is 0.457 e. The third-order valence-electron chi connectivity index (χ3n) is 5.91. The van der Waals surface area contributed by atoms with Crippen molar-refractivity contribution in [1.82, 2.24) is 0 Å². The molecule has 2 heterocycles. The van der Waals surface area contributed by atoms with Crippen LogP contribution in [0.15, 0.2) is 12.2 Å². The van der Waals surface area contributed by atoms with E-state index >= 15 is 0 Å². The number of hydrogen-bond donors (Lipinski definition) is 1. The van der Waals surface area contributed by atoms with Crippen LogP contribution in [0.25, 0.3) is 0 Å². The number of ether oxygens (including phenoxy) is 3. The molecule has 0 bridgehead atoms. The highest BCUT2D eigenvalue weighted by molar-refractivity contribution is 5.69. The first-order chi connectivity index (χ1) is 14.2. The lowest BCUT2D eigenvalue weighted by Crippen LogP contribution is -2.34. The van der Waals surface area contributed by atoms with Crippen molar-refractivity contribution in [2.75, 3.05) is 13.2 Å². The van der Waals surface area contributed by atoms with Crippen LogP contribution in [0.3, 0.4) is 0 Å². The number of carbonyl (C=O) groups excluding carboxylic acids is 1. The van der Waals surface area contributed by atoms with E-state index in [9.17, 15) is 9.90 Å². The fourth-order valence-electron chi connectivity index (χ4n) is 4.11. The van der Waals surface area contributed by atoms with Gasteiger partial charge in [0.15, 0.2) is 6.10 Å². The Kier molecular flexibility index (Phi) is 12.6. The van der Waals surface area contributed by atoms with Gasteiger partial charge < -0.3 is 19.3 Å². The first-order valence-corrected chi connectivity index (χ1v) is 12.0. The molecule has 1 N–H and O–H groups in total. The maximum absolute atomic E-state index is 12.0. The predicted molar refractivity (Wildman–Crippen MR) is 115 cm³/mol. The van der Waals surface area contributed by atoms with Crippen LogP contribution in [-0.2, 0) is 19.0 Å². The van der Waals surface area contributed by atoms with Crippen LogP contribution in [0, 0.1) is 0 Å². The van der Waals surface area contributed by atoms with Gasteiger partial charge in [-0.05, 0) is 32.1 Å². The summed E-state index contributed by atoms with van der Waals surface area (Å²) in [6, 6.07) is 0. The quantitative estimate of drug-likeness (QED) is 0.218. The Morgan fingerprint density at radius 2 is 1.45 bits per heavy atom. The normalized spacial score (nSPS) is 26.3. The number of esters is 1. The van der Waals surface area contributed by atoms with Gasteiger partial charge in [-0.25, -0.2) is 0 Å². The van der Waals surface area contributed by atoms with Gasteiger partial charge in [0.05, 0.1) is 13.2 Å². The standard InChI is InChI=1S/C24H42O5/c1-2-3-4-5-6-7-8-9-10-11-12-13-14-15-16-17-22(26)29-21-19-28-23-20(25)18-27-24(21)23/h9-10,20-21,23-25H,2-8,11-19H2,1H3/b10-9+/t20-,21-,23-,24+/m0/s1. The Labute approximate surface area is 177 Å². The monoisotopic (exact) mass is 410 g/mol. The van der Waals surface area contributed by atoms with E-state index < -0.39 is 6.10 Å². The highest BCUT2D eigenvalue weighted by atomic mass is 16.6. The first-order valence-electron chi connectivity index (χ1n) is 12.0. The molecule has 2 saturated heterocycles. The molecule has 5 heteroatoms. The Hall–Kier alpha value is -0.910. The summed E-state index contributed by atoms with van der Waals surface area (Å²) in [5, 5.41) is 9.71. The molecular formula is C24H42O5. The van der Waals surface area contributed by atoms with Gasteiger partial charge in [-0.3, -0.25) is 4.79 Å².